The Morgan fingerprint density at radius 1 is 1.29 bits per heavy atom. The smallest absolute Gasteiger partial charge is 0.407 e. The van der Waals surface area contributed by atoms with Gasteiger partial charge >= 0.3 is 6.09 Å². The Kier molecular flexibility index (Phi) is 5.60. The molecule has 1 saturated heterocycles. The van der Waals surface area contributed by atoms with Crippen LogP contribution in [0.3, 0.4) is 0 Å². The summed E-state index contributed by atoms with van der Waals surface area (Å²) in [6.45, 7) is 3.79. The van der Waals surface area contributed by atoms with Gasteiger partial charge in [0.2, 0.25) is 0 Å². The molecule has 0 radical (unpaired) electrons. The zero-order valence-corrected chi connectivity index (χ0v) is 17.0. The van der Waals surface area contributed by atoms with Crippen molar-refractivity contribution in [3.05, 3.63) is 42.4 Å². The van der Waals surface area contributed by atoms with E-state index < -0.39 is 12.2 Å². The minimum Gasteiger partial charge on any atom is -0.489 e. The molecule has 3 aromatic rings. The quantitative estimate of drug-likeness (QED) is 0.637. The number of anilines is 1. The molecular formula is C21H22N6O4. The van der Waals surface area contributed by atoms with Crippen LogP contribution >= 0.6 is 0 Å². The number of nitrogens with zero attached hydrogens (tertiary/aromatic N) is 6. The highest BCUT2D eigenvalue weighted by molar-refractivity contribution is 5.85. The first-order chi connectivity index (χ1) is 15.0. The van der Waals surface area contributed by atoms with E-state index in [1.165, 1.54) is 11.1 Å². The number of nitriles is 1. The Bertz CT molecular complexity index is 1130. The van der Waals surface area contributed by atoms with E-state index in [0.29, 0.717) is 43.0 Å². The zero-order valence-electron chi connectivity index (χ0n) is 17.0. The average molecular weight is 422 g/mol. The summed E-state index contributed by atoms with van der Waals surface area (Å²) in [6.07, 6.45) is 3.38. The molecule has 4 heterocycles. The van der Waals surface area contributed by atoms with Gasteiger partial charge in [-0.05, 0) is 25.1 Å². The molecule has 3 aromatic heterocycles. The first-order valence-electron chi connectivity index (χ1n) is 9.88. The van der Waals surface area contributed by atoms with E-state index in [4.69, 9.17) is 9.84 Å². The zero-order chi connectivity index (χ0) is 22.0. The van der Waals surface area contributed by atoms with E-state index in [9.17, 15) is 15.2 Å². The molecule has 2 N–H and O–H groups in total. The highest BCUT2D eigenvalue weighted by Gasteiger charge is 2.21. The van der Waals surface area contributed by atoms with Crippen LogP contribution in [0.25, 0.3) is 16.6 Å². The van der Waals surface area contributed by atoms with Crippen molar-refractivity contribution in [2.24, 2.45) is 0 Å². The lowest BCUT2D eigenvalue weighted by atomic mass is 10.1. The Morgan fingerprint density at radius 3 is 2.68 bits per heavy atom. The molecule has 31 heavy (non-hydrogen) atoms. The Hall–Kier alpha value is -3.84. The van der Waals surface area contributed by atoms with E-state index in [1.807, 2.05) is 23.1 Å². The first-order valence-corrected chi connectivity index (χ1v) is 9.88. The fourth-order valence-corrected chi connectivity index (χ4v) is 3.55. The van der Waals surface area contributed by atoms with E-state index in [-0.39, 0.29) is 6.61 Å². The third-order valence-electron chi connectivity index (χ3n) is 5.13. The second-order valence-corrected chi connectivity index (χ2v) is 7.37. The number of rotatable bonds is 5. The van der Waals surface area contributed by atoms with Gasteiger partial charge in [0, 0.05) is 43.5 Å². The summed E-state index contributed by atoms with van der Waals surface area (Å²) in [5.41, 5.74) is 2.62. The number of fused-ring (bicyclic) bond motifs is 1. The maximum Gasteiger partial charge on any atom is 0.407 e. The average Bonchev–Trinajstić information content (AvgIpc) is 3.20. The van der Waals surface area contributed by atoms with Crippen molar-refractivity contribution in [2.75, 3.05) is 37.7 Å². The van der Waals surface area contributed by atoms with Crippen molar-refractivity contribution in [2.45, 2.75) is 13.0 Å². The summed E-state index contributed by atoms with van der Waals surface area (Å²) in [6, 6.07) is 7.76. The van der Waals surface area contributed by atoms with Gasteiger partial charge in [0.15, 0.2) is 0 Å². The van der Waals surface area contributed by atoms with Crippen molar-refractivity contribution < 1.29 is 19.7 Å². The summed E-state index contributed by atoms with van der Waals surface area (Å²) in [7, 11) is 0. The summed E-state index contributed by atoms with van der Waals surface area (Å²) < 4.78 is 7.24. The van der Waals surface area contributed by atoms with Gasteiger partial charge < -0.3 is 24.7 Å². The molecule has 1 aliphatic heterocycles. The van der Waals surface area contributed by atoms with Gasteiger partial charge in [-0.2, -0.15) is 10.4 Å². The lowest BCUT2D eigenvalue weighted by Crippen LogP contribution is -2.48. The number of piperazine rings is 1. The molecule has 0 unspecified atom stereocenters. The van der Waals surface area contributed by atoms with Crippen LogP contribution in [0.5, 0.6) is 5.75 Å². The highest BCUT2D eigenvalue weighted by Crippen LogP contribution is 2.31. The molecule has 0 bridgehead atoms. The van der Waals surface area contributed by atoms with E-state index in [1.54, 1.807) is 23.8 Å². The Balaban J connectivity index is 1.64. The summed E-state index contributed by atoms with van der Waals surface area (Å²) in [5, 5.41) is 32.3. The fraction of sp³-hybridized carbons (Fsp3) is 0.333. The third kappa shape index (κ3) is 4.22. The van der Waals surface area contributed by atoms with Crippen LogP contribution in [0, 0.1) is 11.3 Å². The number of carbonyl (C=O) groups is 1. The van der Waals surface area contributed by atoms with Crippen molar-refractivity contribution in [3.8, 4) is 22.9 Å². The second-order valence-electron chi connectivity index (χ2n) is 7.37. The van der Waals surface area contributed by atoms with Gasteiger partial charge in [-0.25, -0.2) is 14.3 Å². The lowest BCUT2D eigenvalue weighted by molar-refractivity contribution is 0.122. The molecule has 0 saturated carbocycles. The van der Waals surface area contributed by atoms with Crippen molar-refractivity contribution in [1.82, 2.24) is 19.5 Å². The molecule has 10 heteroatoms. The van der Waals surface area contributed by atoms with Gasteiger partial charge in [-0.1, -0.05) is 0 Å². The molecule has 160 valence electrons. The van der Waals surface area contributed by atoms with Crippen LogP contribution < -0.4 is 9.64 Å². The van der Waals surface area contributed by atoms with E-state index >= 15 is 0 Å². The molecule has 1 aliphatic rings. The number of aliphatic hydroxyl groups excluding tert-OH is 1. The van der Waals surface area contributed by atoms with Crippen LogP contribution in [0.4, 0.5) is 10.6 Å². The van der Waals surface area contributed by atoms with E-state index in [2.05, 4.69) is 16.2 Å². The Labute approximate surface area is 178 Å². The van der Waals surface area contributed by atoms with Crippen LogP contribution in [-0.4, -0.2) is 74.7 Å². The van der Waals surface area contributed by atoms with E-state index in [0.717, 1.165) is 16.9 Å². The van der Waals surface area contributed by atoms with Crippen LogP contribution in [0.15, 0.2) is 36.8 Å². The number of hydrogen-bond acceptors (Lipinski definition) is 7. The maximum absolute atomic E-state index is 11.1. The third-order valence-corrected chi connectivity index (χ3v) is 5.13. The molecule has 10 nitrogen and oxygen atoms in total. The molecule has 0 aliphatic carbocycles. The fourth-order valence-electron chi connectivity index (χ4n) is 3.55. The molecule has 1 fully saturated rings. The van der Waals surface area contributed by atoms with Gasteiger partial charge in [-0.15, -0.1) is 0 Å². The topological polar surface area (TPSA) is 127 Å². The summed E-state index contributed by atoms with van der Waals surface area (Å²) >= 11 is 0. The number of aromatic nitrogens is 3. The predicted molar refractivity (Wildman–Crippen MR) is 112 cm³/mol. The van der Waals surface area contributed by atoms with Gasteiger partial charge in [0.25, 0.3) is 0 Å². The standard InChI is InChI=1S/C21H22N6O4/c1-14(28)13-31-17-8-18(20-16(9-22)11-24-27(20)12-17)15-2-3-19(23-10-15)25-4-6-26(7-5-25)21(29)30/h2-3,8,10-12,14,28H,4-7,13H2,1H3,(H,29,30)/t14-/m1/s1. The molecule has 0 aromatic carbocycles. The summed E-state index contributed by atoms with van der Waals surface area (Å²) in [4.78, 5) is 19.1. The maximum atomic E-state index is 11.1. The van der Waals surface area contributed by atoms with Crippen molar-refractivity contribution in [1.29, 1.82) is 5.26 Å². The molecule has 1 amide bonds. The first kappa shape index (κ1) is 20.4. The largest absolute Gasteiger partial charge is 0.489 e. The monoisotopic (exact) mass is 422 g/mol. The minimum atomic E-state index is -0.904. The van der Waals surface area contributed by atoms with Crippen LogP contribution in [0.2, 0.25) is 0 Å². The number of ether oxygens (including phenoxy) is 1. The highest BCUT2D eigenvalue weighted by atomic mass is 16.5. The minimum absolute atomic E-state index is 0.136. The Morgan fingerprint density at radius 2 is 2.06 bits per heavy atom. The molecule has 0 spiro atoms. The van der Waals surface area contributed by atoms with Gasteiger partial charge in [0.05, 0.1) is 29.6 Å². The van der Waals surface area contributed by atoms with Gasteiger partial charge in [-0.3, -0.25) is 0 Å². The van der Waals surface area contributed by atoms with Crippen molar-refractivity contribution >= 4 is 17.4 Å². The summed E-state index contributed by atoms with van der Waals surface area (Å²) in [5.74, 6) is 1.28. The lowest BCUT2D eigenvalue weighted by Gasteiger charge is -2.33. The van der Waals surface area contributed by atoms with Crippen LogP contribution in [-0.2, 0) is 0 Å². The normalized spacial score (nSPS) is 15.0. The van der Waals surface area contributed by atoms with Crippen LogP contribution in [0.1, 0.15) is 12.5 Å². The number of hydrogen-bond donors (Lipinski definition) is 2. The molecular weight excluding hydrogens is 400 g/mol. The molecule has 1 atom stereocenters. The predicted octanol–water partition coefficient (Wildman–Crippen LogP) is 1.83. The molecule has 4 rings (SSSR count). The number of aliphatic hydroxyl groups is 1. The second kappa shape index (κ2) is 8.49. The SMILES string of the molecule is C[C@@H](O)COc1cc(-c2ccc(N3CCN(C(=O)O)CC3)nc2)c2c(C#N)cnn2c1. The number of carboxylic acid groups (broad SMARTS) is 1. The number of amides is 1. The number of pyridine rings is 2. The van der Waals surface area contributed by atoms with Crippen molar-refractivity contribution in [3.63, 3.8) is 0 Å². The van der Waals surface area contributed by atoms with Gasteiger partial charge in [0.1, 0.15) is 24.2 Å².